The largest absolute Gasteiger partial charge is 0.371 e. The summed E-state index contributed by atoms with van der Waals surface area (Å²) >= 11 is 0. The Hall–Kier alpha value is -1.86. The maximum Gasteiger partial charge on any atom is 0.292 e. The highest BCUT2D eigenvalue weighted by atomic mass is 35.5. The molecule has 1 fully saturated rings. The van der Waals surface area contributed by atoms with E-state index in [1.54, 1.807) is 23.1 Å². The standard InChI is InChI=1S/C13H18N4O3.ClH/c18-13(16-8-3-6-14-7-9-16)10-15-11-4-1-2-5-12(11)17(19)20;/h1-2,4-5,14-15H,3,6-10H2;1H. The number of para-hydroxylation sites is 2. The van der Waals surface area contributed by atoms with Gasteiger partial charge >= 0.3 is 0 Å². The fourth-order valence-corrected chi connectivity index (χ4v) is 2.16. The van der Waals surface area contributed by atoms with Crippen LogP contribution in [0.1, 0.15) is 6.42 Å². The Labute approximate surface area is 129 Å². The van der Waals surface area contributed by atoms with Gasteiger partial charge < -0.3 is 15.5 Å². The maximum atomic E-state index is 12.1. The summed E-state index contributed by atoms with van der Waals surface area (Å²) in [6.07, 6.45) is 0.928. The van der Waals surface area contributed by atoms with Gasteiger partial charge in [-0.3, -0.25) is 14.9 Å². The molecule has 0 aliphatic carbocycles. The lowest BCUT2D eigenvalue weighted by atomic mass is 10.2. The average molecular weight is 315 g/mol. The van der Waals surface area contributed by atoms with E-state index in [-0.39, 0.29) is 30.5 Å². The molecule has 1 aliphatic rings. The predicted molar refractivity (Wildman–Crippen MR) is 82.9 cm³/mol. The number of hydrogen-bond donors (Lipinski definition) is 2. The summed E-state index contributed by atoms with van der Waals surface area (Å²) in [6, 6.07) is 6.33. The van der Waals surface area contributed by atoms with Gasteiger partial charge in [-0.25, -0.2) is 0 Å². The van der Waals surface area contributed by atoms with E-state index in [1.807, 2.05) is 0 Å². The van der Waals surface area contributed by atoms with Gasteiger partial charge in [-0.05, 0) is 19.0 Å². The van der Waals surface area contributed by atoms with Crippen molar-refractivity contribution in [3.8, 4) is 0 Å². The molecule has 0 aromatic heterocycles. The van der Waals surface area contributed by atoms with Gasteiger partial charge in [0.1, 0.15) is 5.69 Å². The number of halogens is 1. The number of nitrogens with zero attached hydrogens (tertiary/aromatic N) is 2. The zero-order valence-corrected chi connectivity index (χ0v) is 12.4. The monoisotopic (exact) mass is 314 g/mol. The number of carbonyl (C=O) groups is 1. The van der Waals surface area contributed by atoms with Crippen molar-refractivity contribution in [2.24, 2.45) is 0 Å². The fourth-order valence-electron chi connectivity index (χ4n) is 2.16. The maximum absolute atomic E-state index is 12.1. The van der Waals surface area contributed by atoms with Crippen molar-refractivity contribution in [1.82, 2.24) is 10.2 Å². The van der Waals surface area contributed by atoms with Crippen LogP contribution in [0.2, 0.25) is 0 Å². The van der Waals surface area contributed by atoms with Crippen LogP contribution in [-0.4, -0.2) is 48.5 Å². The zero-order valence-electron chi connectivity index (χ0n) is 11.6. The molecule has 1 aromatic carbocycles. The Morgan fingerprint density at radius 2 is 2.10 bits per heavy atom. The molecule has 0 spiro atoms. The summed E-state index contributed by atoms with van der Waals surface area (Å²) in [4.78, 5) is 24.3. The second-order valence-corrected chi connectivity index (χ2v) is 4.61. The highest BCUT2D eigenvalue weighted by Crippen LogP contribution is 2.22. The molecule has 21 heavy (non-hydrogen) atoms. The Morgan fingerprint density at radius 1 is 1.33 bits per heavy atom. The van der Waals surface area contributed by atoms with E-state index < -0.39 is 4.92 Å². The minimum atomic E-state index is -0.456. The van der Waals surface area contributed by atoms with Crippen molar-refractivity contribution < 1.29 is 9.72 Å². The molecule has 7 nitrogen and oxygen atoms in total. The molecular formula is C13H19ClN4O3. The smallest absolute Gasteiger partial charge is 0.292 e. The van der Waals surface area contributed by atoms with Gasteiger partial charge in [0.2, 0.25) is 5.91 Å². The van der Waals surface area contributed by atoms with E-state index in [0.717, 1.165) is 26.1 Å². The molecule has 1 heterocycles. The van der Waals surface area contributed by atoms with Gasteiger partial charge in [0.05, 0.1) is 11.5 Å². The number of carbonyl (C=O) groups excluding carboxylic acids is 1. The average Bonchev–Trinajstić information content (AvgIpc) is 2.74. The van der Waals surface area contributed by atoms with Gasteiger partial charge in [-0.2, -0.15) is 0 Å². The highest BCUT2D eigenvalue weighted by Gasteiger charge is 2.17. The molecule has 0 bridgehead atoms. The molecular weight excluding hydrogens is 296 g/mol. The second-order valence-electron chi connectivity index (χ2n) is 4.61. The van der Waals surface area contributed by atoms with Crippen LogP contribution in [0.25, 0.3) is 0 Å². The number of hydrogen-bond acceptors (Lipinski definition) is 5. The molecule has 1 saturated heterocycles. The number of rotatable bonds is 4. The van der Waals surface area contributed by atoms with E-state index in [1.165, 1.54) is 6.07 Å². The van der Waals surface area contributed by atoms with Crippen molar-refractivity contribution in [2.75, 3.05) is 38.0 Å². The first-order valence-corrected chi connectivity index (χ1v) is 6.64. The molecule has 1 aliphatic heterocycles. The van der Waals surface area contributed by atoms with Crippen molar-refractivity contribution in [3.63, 3.8) is 0 Å². The molecule has 0 atom stereocenters. The van der Waals surface area contributed by atoms with Crippen molar-refractivity contribution in [1.29, 1.82) is 0 Å². The Bertz CT molecular complexity index is 490. The lowest BCUT2D eigenvalue weighted by Crippen LogP contribution is -2.38. The molecule has 0 radical (unpaired) electrons. The van der Waals surface area contributed by atoms with E-state index in [0.29, 0.717) is 12.2 Å². The van der Waals surface area contributed by atoms with E-state index >= 15 is 0 Å². The van der Waals surface area contributed by atoms with E-state index in [2.05, 4.69) is 10.6 Å². The number of nitro benzene ring substituents is 1. The van der Waals surface area contributed by atoms with Gasteiger partial charge in [0, 0.05) is 25.7 Å². The quantitative estimate of drug-likeness (QED) is 0.645. The first kappa shape index (κ1) is 17.2. The third-order valence-corrected chi connectivity index (χ3v) is 3.22. The van der Waals surface area contributed by atoms with Crippen LogP contribution >= 0.6 is 12.4 Å². The first-order valence-electron chi connectivity index (χ1n) is 6.64. The minimum absolute atomic E-state index is 0. The SMILES string of the molecule is Cl.O=C(CNc1ccccc1[N+](=O)[O-])N1CCCNCC1. The first-order chi connectivity index (χ1) is 9.68. The summed E-state index contributed by atoms with van der Waals surface area (Å²) in [5, 5.41) is 17.0. The van der Waals surface area contributed by atoms with E-state index in [4.69, 9.17) is 0 Å². The third-order valence-electron chi connectivity index (χ3n) is 3.22. The van der Waals surface area contributed by atoms with Crippen LogP contribution in [-0.2, 0) is 4.79 Å². The molecule has 116 valence electrons. The normalized spacial score (nSPS) is 14.8. The number of benzene rings is 1. The van der Waals surface area contributed by atoms with Crippen molar-refractivity contribution >= 4 is 29.7 Å². The Kier molecular flexibility index (Phi) is 6.90. The summed E-state index contributed by atoms with van der Waals surface area (Å²) in [5.41, 5.74) is 0.358. The van der Waals surface area contributed by atoms with Gasteiger partial charge in [-0.1, -0.05) is 12.1 Å². The summed E-state index contributed by atoms with van der Waals surface area (Å²) in [5.74, 6) is -0.0353. The van der Waals surface area contributed by atoms with Crippen molar-refractivity contribution in [3.05, 3.63) is 34.4 Å². The molecule has 2 rings (SSSR count). The van der Waals surface area contributed by atoms with Crippen LogP contribution in [0.3, 0.4) is 0 Å². The molecule has 0 unspecified atom stereocenters. The Morgan fingerprint density at radius 3 is 2.86 bits per heavy atom. The summed E-state index contributed by atoms with van der Waals surface area (Å²) < 4.78 is 0. The molecule has 2 N–H and O–H groups in total. The second kappa shape index (κ2) is 8.43. The summed E-state index contributed by atoms with van der Waals surface area (Å²) in [6.45, 7) is 3.19. The lowest BCUT2D eigenvalue weighted by molar-refractivity contribution is -0.383. The predicted octanol–water partition coefficient (Wildman–Crippen LogP) is 1.25. The third kappa shape index (κ3) is 4.87. The molecule has 8 heteroatoms. The van der Waals surface area contributed by atoms with Crippen LogP contribution in [0.15, 0.2) is 24.3 Å². The minimum Gasteiger partial charge on any atom is -0.371 e. The molecule has 0 saturated carbocycles. The van der Waals surface area contributed by atoms with Crippen LogP contribution in [0, 0.1) is 10.1 Å². The summed E-state index contributed by atoms with van der Waals surface area (Å²) in [7, 11) is 0. The Balaban J connectivity index is 0.00000220. The fraction of sp³-hybridized carbons (Fsp3) is 0.462. The number of amides is 1. The topological polar surface area (TPSA) is 87.5 Å². The molecule has 1 amide bonds. The molecule has 1 aromatic rings. The van der Waals surface area contributed by atoms with E-state index in [9.17, 15) is 14.9 Å². The van der Waals surface area contributed by atoms with Crippen LogP contribution in [0.4, 0.5) is 11.4 Å². The van der Waals surface area contributed by atoms with Gasteiger partial charge in [0.15, 0.2) is 0 Å². The lowest BCUT2D eigenvalue weighted by Gasteiger charge is -2.20. The van der Waals surface area contributed by atoms with Gasteiger partial charge in [-0.15, -0.1) is 12.4 Å². The highest BCUT2D eigenvalue weighted by molar-refractivity contribution is 5.85. The van der Waals surface area contributed by atoms with Crippen LogP contribution < -0.4 is 10.6 Å². The number of nitrogens with one attached hydrogen (secondary N) is 2. The van der Waals surface area contributed by atoms with Gasteiger partial charge in [0.25, 0.3) is 5.69 Å². The van der Waals surface area contributed by atoms with Crippen LogP contribution in [0.5, 0.6) is 0 Å². The number of anilines is 1. The number of nitro groups is 1. The zero-order chi connectivity index (χ0) is 14.4. The van der Waals surface area contributed by atoms with Crippen molar-refractivity contribution in [2.45, 2.75) is 6.42 Å².